The van der Waals surface area contributed by atoms with Crippen LogP contribution >= 0.6 is 0 Å². The maximum Gasteiger partial charge on any atom is 0.209 e. The Labute approximate surface area is 152 Å². The highest BCUT2D eigenvalue weighted by molar-refractivity contribution is 7.88. The Morgan fingerprint density at radius 2 is 1.85 bits per heavy atom. The van der Waals surface area contributed by atoms with Crippen molar-refractivity contribution in [2.24, 2.45) is 0 Å². The van der Waals surface area contributed by atoms with Gasteiger partial charge in [0.2, 0.25) is 10.0 Å². The molecule has 0 aliphatic carbocycles. The first kappa shape index (κ1) is 16.8. The van der Waals surface area contributed by atoms with E-state index in [1.807, 2.05) is 43.5 Å². The van der Waals surface area contributed by atoms with Crippen LogP contribution in [0.25, 0.3) is 32.9 Å². The number of sulfonamides is 1. The summed E-state index contributed by atoms with van der Waals surface area (Å²) in [5.74, 6) is 0. The van der Waals surface area contributed by atoms with Gasteiger partial charge in [0.15, 0.2) is 0 Å². The van der Waals surface area contributed by atoms with Crippen LogP contribution in [-0.4, -0.2) is 24.6 Å². The third-order valence-electron chi connectivity index (χ3n) is 4.51. The minimum atomic E-state index is -3.21. The zero-order chi connectivity index (χ0) is 18.3. The van der Waals surface area contributed by atoms with Crippen LogP contribution in [0.2, 0.25) is 0 Å². The molecule has 0 aliphatic heterocycles. The quantitative estimate of drug-likeness (QED) is 0.578. The monoisotopic (exact) mass is 365 g/mol. The molecule has 0 unspecified atom stereocenters. The van der Waals surface area contributed by atoms with Gasteiger partial charge in [-0.25, -0.2) is 13.1 Å². The highest BCUT2D eigenvalue weighted by atomic mass is 32.2. The Morgan fingerprint density at radius 1 is 1.04 bits per heavy atom. The van der Waals surface area contributed by atoms with Crippen molar-refractivity contribution in [3.8, 4) is 11.1 Å². The molecule has 2 aromatic heterocycles. The molecule has 5 nitrogen and oxygen atoms in total. The van der Waals surface area contributed by atoms with Gasteiger partial charge in [0.25, 0.3) is 0 Å². The second-order valence-corrected chi connectivity index (χ2v) is 8.33. The second-order valence-electron chi connectivity index (χ2n) is 6.50. The number of aryl methyl sites for hydroxylation is 1. The van der Waals surface area contributed by atoms with Crippen LogP contribution in [0.1, 0.15) is 11.3 Å². The molecule has 4 aromatic rings. The van der Waals surface area contributed by atoms with Gasteiger partial charge in [-0.3, -0.25) is 4.98 Å². The lowest BCUT2D eigenvalue weighted by atomic mass is 10.0. The van der Waals surface area contributed by atoms with E-state index in [1.54, 1.807) is 0 Å². The zero-order valence-electron chi connectivity index (χ0n) is 14.6. The molecule has 2 heterocycles. The third-order valence-corrected chi connectivity index (χ3v) is 5.18. The summed E-state index contributed by atoms with van der Waals surface area (Å²) >= 11 is 0. The van der Waals surface area contributed by atoms with E-state index in [0.29, 0.717) is 0 Å². The maximum absolute atomic E-state index is 11.3. The number of hydrogen-bond acceptors (Lipinski definition) is 3. The Hall–Kier alpha value is -2.70. The Balaban J connectivity index is 1.77. The molecular formula is C20H19N3O2S. The molecule has 132 valence electrons. The van der Waals surface area contributed by atoms with Crippen molar-refractivity contribution in [3.05, 3.63) is 66.0 Å². The molecule has 0 bridgehead atoms. The van der Waals surface area contributed by atoms with Gasteiger partial charge in [-0.15, -0.1) is 0 Å². The SMILES string of the molecule is Cc1nccc2c1[nH]c1ccc(-c3cccc(CNS(C)(=O)=O)c3)cc12. The number of nitrogens with one attached hydrogen (secondary N) is 2. The fourth-order valence-electron chi connectivity index (χ4n) is 3.21. The zero-order valence-corrected chi connectivity index (χ0v) is 15.4. The summed E-state index contributed by atoms with van der Waals surface area (Å²) in [6.07, 6.45) is 2.99. The van der Waals surface area contributed by atoms with Gasteiger partial charge < -0.3 is 4.98 Å². The van der Waals surface area contributed by atoms with Crippen molar-refractivity contribution in [1.29, 1.82) is 0 Å². The largest absolute Gasteiger partial charge is 0.353 e. The minimum absolute atomic E-state index is 0.285. The number of aromatic nitrogens is 2. The number of aromatic amines is 1. The highest BCUT2D eigenvalue weighted by Gasteiger charge is 2.09. The van der Waals surface area contributed by atoms with Crippen molar-refractivity contribution in [2.45, 2.75) is 13.5 Å². The van der Waals surface area contributed by atoms with E-state index in [0.717, 1.165) is 44.2 Å². The Kier molecular flexibility index (Phi) is 4.01. The van der Waals surface area contributed by atoms with Crippen LogP contribution in [0, 0.1) is 6.92 Å². The van der Waals surface area contributed by atoms with E-state index in [-0.39, 0.29) is 6.54 Å². The van der Waals surface area contributed by atoms with Crippen molar-refractivity contribution < 1.29 is 8.42 Å². The molecule has 26 heavy (non-hydrogen) atoms. The van der Waals surface area contributed by atoms with Crippen molar-refractivity contribution >= 4 is 31.8 Å². The number of H-pyrrole nitrogens is 1. The summed E-state index contributed by atoms with van der Waals surface area (Å²) in [5, 5.41) is 2.31. The van der Waals surface area contributed by atoms with Crippen molar-refractivity contribution in [3.63, 3.8) is 0 Å². The lowest BCUT2D eigenvalue weighted by Gasteiger charge is -2.07. The van der Waals surface area contributed by atoms with E-state index in [9.17, 15) is 8.42 Å². The molecule has 0 saturated carbocycles. The molecule has 6 heteroatoms. The predicted octanol–water partition coefficient (Wildman–Crippen LogP) is 3.74. The second kappa shape index (κ2) is 6.23. The Bertz CT molecular complexity index is 1230. The summed E-state index contributed by atoms with van der Waals surface area (Å²) in [4.78, 5) is 7.78. The third kappa shape index (κ3) is 3.21. The van der Waals surface area contributed by atoms with Gasteiger partial charge in [0.05, 0.1) is 17.5 Å². The Morgan fingerprint density at radius 3 is 2.65 bits per heavy atom. The van der Waals surface area contributed by atoms with Crippen molar-refractivity contribution in [2.75, 3.05) is 6.26 Å². The maximum atomic E-state index is 11.3. The number of fused-ring (bicyclic) bond motifs is 3. The summed E-state index contributed by atoms with van der Waals surface area (Å²) in [6.45, 7) is 2.28. The first-order chi connectivity index (χ1) is 12.4. The molecule has 2 N–H and O–H groups in total. The molecule has 0 amide bonds. The van der Waals surface area contributed by atoms with Crippen LogP contribution in [0.4, 0.5) is 0 Å². The molecule has 0 spiro atoms. The number of nitrogens with zero attached hydrogens (tertiary/aromatic N) is 1. The topological polar surface area (TPSA) is 74.8 Å². The molecule has 0 saturated heterocycles. The van der Waals surface area contributed by atoms with Gasteiger partial charge >= 0.3 is 0 Å². The van der Waals surface area contributed by atoms with E-state index in [2.05, 4.69) is 32.9 Å². The van der Waals surface area contributed by atoms with Gasteiger partial charge in [0, 0.05) is 29.0 Å². The summed E-state index contributed by atoms with van der Waals surface area (Å²) in [6, 6.07) is 16.3. The van der Waals surface area contributed by atoms with E-state index < -0.39 is 10.0 Å². The standard InChI is InChI=1S/C20H19N3O2S/c1-13-20-17(8-9-21-13)18-11-16(6-7-19(18)23-20)15-5-3-4-14(10-15)12-22-26(2,24)25/h3-11,22-23H,12H2,1-2H3. The van der Waals surface area contributed by atoms with Gasteiger partial charge in [-0.1, -0.05) is 24.3 Å². The van der Waals surface area contributed by atoms with Crippen molar-refractivity contribution in [1.82, 2.24) is 14.7 Å². The van der Waals surface area contributed by atoms with Crippen LogP contribution in [0.5, 0.6) is 0 Å². The van der Waals surface area contributed by atoms with Crippen LogP contribution in [-0.2, 0) is 16.6 Å². The molecular weight excluding hydrogens is 346 g/mol. The molecule has 4 rings (SSSR count). The summed E-state index contributed by atoms with van der Waals surface area (Å²) in [7, 11) is -3.21. The summed E-state index contributed by atoms with van der Waals surface area (Å²) in [5.41, 5.74) is 6.19. The van der Waals surface area contributed by atoms with Crippen LogP contribution in [0.3, 0.4) is 0 Å². The van der Waals surface area contributed by atoms with Crippen LogP contribution < -0.4 is 4.72 Å². The fourth-order valence-corrected chi connectivity index (χ4v) is 3.64. The first-order valence-corrected chi connectivity index (χ1v) is 10.2. The normalized spacial score (nSPS) is 12.1. The highest BCUT2D eigenvalue weighted by Crippen LogP contribution is 2.31. The van der Waals surface area contributed by atoms with Gasteiger partial charge in [-0.05, 0) is 47.9 Å². The predicted molar refractivity (Wildman–Crippen MR) is 105 cm³/mol. The van der Waals surface area contributed by atoms with E-state index >= 15 is 0 Å². The first-order valence-electron chi connectivity index (χ1n) is 8.32. The molecule has 0 radical (unpaired) electrons. The van der Waals surface area contributed by atoms with E-state index in [4.69, 9.17) is 0 Å². The molecule has 0 atom stereocenters. The number of benzene rings is 2. The van der Waals surface area contributed by atoms with Gasteiger partial charge in [0.1, 0.15) is 0 Å². The molecule has 0 fully saturated rings. The molecule has 0 aliphatic rings. The van der Waals surface area contributed by atoms with E-state index in [1.165, 1.54) is 6.26 Å². The molecule has 2 aromatic carbocycles. The number of hydrogen-bond donors (Lipinski definition) is 2. The average Bonchev–Trinajstić information content (AvgIpc) is 2.99. The number of rotatable bonds is 4. The fraction of sp³-hybridized carbons (Fsp3) is 0.150. The summed E-state index contributed by atoms with van der Waals surface area (Å²) < 4.78 is 25.2. The smallest absolute Gasteiger partial charge is 0.209 e. The van der Waals surface area contributed by atoms with Gasteiger partial charge in [-0.2, -0.15) is 0 Å². The lowest BCUT2D eigenvalue weighted by Crippen LogP contribution is -2.21. The number of pyridine rings is 1. The minimum Gasteiger partial charge on any atom is -0.353 e. The lowest BCUT2D eigenvalue weighted by molar-refractivity contribution is 0.587. The van der Waals surface area contributed by atoms with Crippen LogP contribution in [0.15, 0.2) is 54.7 Å². The average molecular weight is 365 g/mol.